The Morgan fingerprint density at radius 3 is 2.91 bits per heavy atom. The standard InChI is InChI=1S/C14H8ClN3O3S/c15-10(5-8-6-12(18(20)21)22-7-8)13-16-11-4-2-1-3-9(11)14(19)17-13/h1-7H,(H,16,17,19)/b10-5-. The van der Waals surface area contributed by atoms with E-state index in [-0.39, 0.29) is 21.4 Å². The predicted molar refractivity (Wildman–Crippen MR) is 87.1 cm³/mol. The summed E-state index contributed by atoms with van der Waals surface area (Å²) in [6, 6.07) is 8.32. The molecule has 0 aliphatic heterocycles. The fraction of sp³-hybridized carbons (Fsp3) is 0. The van der Waals surface area contributed by atoms with E-state index < -0.39 is 4.92 Å². The highest BCUT2D eigenvalue weighted by Gasteiger charge is 2.10. The average molecular weight is 334 g/mol. The van der Waals surface area contributed by atoms with Crippen molar-refractivity contribution in [3.63, 3.8) is 0 Å². The van der Waals surface area contributed by atoms with Crippen molar-refractivity contribution >= 4 is 50.0 Å². The number of benzene rings is 1. The molecule has 3 aromatic rings. The van der Waals surface area contributed by atoms with Crippen LogP contribution in [0.15, 0.2) is 40.5 Å². The van der Waals surface area contributed by atoms with Crippen LogP contribution in [0.25, 0.3) is 22.0 Å². The number of hydrogen-bond donors (Lipinski definition) is 1. The number of halogens is 1. The van der Waals surface area contributed by atoms with Crippen LogP contribution in [0, 0.1) is 10.1 Å². The van der Waals surface area contributed by atoms with Gasteiger partial charge in [-0.25, -0.2) is 4.98 Å². The van der Waals surface area contributed by atoms with Crippen LogP contribution in [0.1, 0.15) is 11.4 Å². The summed E-state index contributed by atoms with van der Waals surface area (Å²) in [7, 11) is 0. The van der Waals surface area contributed by atoms with Gasteiger partial charge >= 0.3 is 5.00 Å². The molecule has 0 aliphatic carbocycles. The molecule has 22 heavy (non-hydrogen) atoms. The molecule has 0 spiro atoms. The lowest BCUT2D eigenvalue weighted by Gasteiger charge is -2.01. The Morgan fingerprint density at radius 2 is 2.18 bits per heavy atom. The van der Waals surface area contributed by atoms with Crippen molar-refractivity contribution in [2.24, 2.45) is 0 Å². The van der Waals surface area contributed by atoms with Crippen molar-refractivity contribution in [2.45, 2.75) is 0 Å². The van der Waals surface area contributed by atoms with Gasteiger partial charge < -0.3 is 4.98 Å². The van der Waals surface area contributed by atoms with Crippen molar-refractivity contribution in [3.8, 4) is 0 Å². The normalized spacial score (nSPS) is 11.8. The zero-order chi connectivity index (χ0) is 15.7. The fourth-order valence-corrected chi connectivity index (χ4v) is 2.82. The summed E-state index contributed by atoms with van der Waals surface area (Å²) in [6.45, 7) is 0. The van der Waals surface area contributed by atoms with Gasteiger partial charge in [0.2, 0.25) is 0 Å². The fourth-order valence-electron chi connectivity index (χ4n) is 1.92. The largest absolute Gasteiger partial charge is 0.324 e. The molecule has 2 heterocycles. The minimum Gasteiger partial charge on any atom is -0.305 e. The molecule has 1 N–H and O–H groups in total. The number of nitrogens with one attached hydrogen (secondary N) is 1. The van der Waals surface area contributed by atoms with Gasteiger partial charge in [0, 0.05) is 11.4 Å². The number of hydrogen-bond acceptors (Lipinski definition) is 5. The zero-order valence-corrected chi connectivity index (χ0v) is 12.5. The van der Waals surface area contributed by atoms with Gasteiger partial charge in [0.1, 0.15) is 0 Å². The molecule has 0 saturated carbocycles. The maximum atomic E-state index is 12.0. The van der Waals surface area contributed by atoms with Crippen LogP contribution in [0.4, 0.5) is 5.00 Å². The molecule has 1 aromatic carbocycles. The predicted octanol–water partition coefficient (Wildman–Crippen LogP) is 3.63. The van der Waals surface area contributed by atoms with Crippen LogP contribution in [0.2, 0.25) is 0 Å². The molecule has 0 saturated heterocycles. The van der Waals surface area contributed by atoms with Gasteiger partial charge in [0.15, 0.2) is 5.82 Å². The van der Waals surface area contributed by atoms with Crippen LogP contribution in [0.3, 0.4) is 0 Å². The molecule has 0 fully saturated rings. The van der Waals surface area contributed by atoms with Crippen molar-refractivity contribution in [1.82, 2.24) is 9.97 Å². The van der Waals surface area contributed by atoms with Gasteiger partial charge in [0.05, 0.1) is 20.9 Å². The number of aromatic nitrogens is 2. The van der Waals surface area contributed by atoms with E-state index in [0.717, 1.165) is 11.3 Å². The Kier molecular flexibility index (Phi) is 3.74. The first kappa shape index (κ1) is 14.4. The van der Waals surface area contributed by atoms with E-state index in [1.807, 2.05) is 0 Å². The van der Waals surface area contributed by atoms with E-state index in [1.54, 1.807) is 29.6 Å². The Bertz CT molecular complexity index is 961. The molecule has 0 atom stereocenters. The van der Waals surface area contributed by atoms with E-state index in [9.17, 15) is 14.9 Å². The van der Waals surface area contributed by atoms with Gasteiger partial charge in [-0.15, -0.1) is 0 Å². The molecule has 6 nitrogen and oxygen atoms in total. The summed E-state index contributed by atoms with van der Waals surface area (Å²) in [4.78, 5) is 29.1. The van der Waals surface area contributed by atoms with E-state index in [0.29, 0.717) is 16.5 Å². The second-order valence-electron chi connectivity index (χ2n) is 4.40. The number of rotatable bonds is 3. The third kappa shape index (κ3) is 2.76. The number of H-pyrrole nitrogens is 1. The lowest BCUT2D eigenvalue weighted by Crippen LogP contribution is -2.10. The third-order valence-corrected chi connectivity index (χ3v) is 4.10. The Labute approximate surface area is 132 Å². The summed E-state index contributed by atoms with van der Waals surface area (Å²) in [5.74, 6) is 0.221. The van der Waals surface area contributed by atoms with Crippen LogP contribution in [0.5, 0.6) is 0 Å². The van der Waals surface area contributed by atoms with Gasteiger partial charge in [-0.1, -0.05) is 35.1 Å². The van der Waals surface area contributed by atoms with Gasteiger partial charge in [-0.2, -0.15) is 0 Å². The summed E-state index contributed by atoms with van der Waals surface area (Å²) in [6.07, 6.45) is 1.53. The van der Waals surface area contributed by atoms with Crippen LogP contribution < -0.4 is 5.56 Å². The van der Waals surface area contributed by atoms with Crippen molar-refractivity contribution in [3.05, 3.63) is 67.6 Å². The molecule has 0 aliphatic rings. The molecular weight excluding hydrogens is 326 g/mol. The molecule has 3 rings (SSSR count). The SMILES string of the molecule is O=c1[nH]c(/C(Cl)=C/c2csc([N+](=O)[O-])c2)nc2ccccc12. The molecule has 0 unspecified atom stereocenters. The summed E-state index contributed by atoms with van der Waals surface area (Å²) < 4.78 is 0. The first-order valence-corrected chi connectivity index (χ1v) is 7.40. The van der Waals surface area contributed by atoms with Gasteiger partial charge in [-0.3, -0.25) is 14.9 Å². The number of para-hydroxylation sites is 1. The Morgan fingerprint density at radius 1 is 1.41 bits per heavy atom. The highest BCUT2D eigenvalue weighted by molar-refractivity contribution is 7.13. The smallest absolute Gasteiger partial charge is 0.305 e. The monoisotopic (exact) mass is 333 g/mol. The first-order chi connectivity index (χ1) is 10.5. The summed E-state index contributed by atoms with van der Waals surface area (Å²) >= 11 is 7.17. The van der Waals surface area contributed by atoms with Crippen molar-refractivity contribution < 1.29 is 4.92 Å². The number of aromatic amines is 1. The van der Waals surface area contributed by atoms with E-state index in [2.05, 4.69) is 9.97 Å². The van der Waals surface area contributed by atoms with Crippen LogP contribution in [-0.2, 0) is 0 Å². The molecule has 0 bridgehead atoms. The minimum atomic E-state index is -0.466. The first-order valence-electron chi connectivity index (χ1n) is 6.14. The molecule has 110 valence electrons. The molecular formula is C14H8ClN3O3S. The molecule has 0 radical (unpaired) electrons. The number of thiophene rings is 1. The quantitative estimate of drug-likeness (QED) is 0.585. The number of fused-ring (bicyclic) bond motifs is 1. The third-order valence-electron chi connectivity index (χ3n) is 2.92. The molecule has 0 amide bonds. The van der Waals surface area contributed by atoms with E-state index >= 15 is 0 Å². The highest BCUT2D eigenvalue weighted by atomic mass is 35.5. The molecule has 8 heteroatoms. The Hall–Kier alpha value is -2.51. The summed E-state index contributed by atoms with van der Waals surface area (Å²) in [5, 5.41) is 13.0. The zero-order valence-electron chi connectivity index (χ0n) is 10.9. The average Bonchev–Trinajstić information content (AvgIpc) is 2.96. The Balaban J connectivity index is 2.04. The second kappa shape index (κ2) is 5.70. The maximum absolute atomic E-state index is 12.0. The van der Waals surface area contributed by atoms with Crippen molar-refractivity contribution in [2.75, 3.05) is 0 Å². The number of nitro groups is 1. The van der Waals surface area contributed by atoms with Gasteiger partial charge in [-0.05, 0) is 23.8 Å². The highest BCUT2D eigenvalue weighted by Crippen LogP contribution is 2.27. The maximum Gasteiger partial charge on any atom is 0.324 e. The second-order valence-corrected chi connectivity index (χ2v) is 5.70. The van der Waals surface area contributed by atoms with E-state index in [4.69, 9.17) is 11.6 Å². The van der Waals surface area contributed by atoms with Gasteiger partial charge in [0.25, 0.3) is 5.56 Å². The van der Waals surface area contributed by atoms with Crippen molar-refractivity contribution in [1.29, 1.82) is 0 Å². The van der Waals surface area contributed by atoms with E-state index in [1.165, 1.54) is 12.1 Å². The topological polar surface area (TPSA) is 88.9 Å². The lowest BCUT2D eigenvalue weighted by molar-refractivity contribution is -0.380. The molecule has 2 aromatic heterocycles. The summed E-state index contributed by atoms with van der Waals surface area (Å²) in [5.41, 5.74) is 0.824. The van der Waals surface area contributed by atoms with Crippen LogP contribution >= 0.6 is 22.9 Å². The lowest BCUT2D eigenvalue weighted by atomic mass is 10.2. The minimum absolute atomic E-state index is 0.0238. The van der Waals surface area contributed by atoms with Crippen LogP contribution in [-0.4, -0.2) is 14.9 Å². The number of nitrogens with zero attached hydrogens (tertiary/aromatic N) is 2.